The van der Waals surface area contributed by atoms with Gasteiger partial charge in [0.05, 0.1) is 11.8 Å². The van der Waals surface area contributed by atoms with Gasteiger partial charge in [-0.3, -0.25) is 0 Å². The van der Waals surface area contributed by atoms with E-state index in [2.05, 4.69) is 5.32 Å². The summed E-state index contributed by atoms with van der Waals surface area (Å²) in [6, 6.07) is 6.07. The fraction of sp³-hybridized carbons (Fsp3) is 0.462. The Hall–Kier alpha value is -1.62. The first-order chi connectivity index (χ1) is 8.57. The molecule has 0 amide bonds. The molecule has 2 N–H and O–H groups in total. The van der Waals surface area contributed by atoms with Crippen LogP contribution >= 0.6 is 0 Å². The number of rotatable bonds is 5. The molecule has 0 saturated heterocycles. The van der Waals surface area contributed by atoms with Crippen molar-refractivity contribution in [3.63, 3.8) is 0 Å². The number of hydrogen-bond donors (Lipinski definition) is 2. The molecule has 1 aromatic rings. The van der Waals surface area contributed by atoms with Crippen molar-refractivity contribution in [1.82, 2.24) is 0 Å². The third kappa shape index (κ3) is 2.31. The largest absolute Gasteiger partial charge is 0.480 e. The maximum atomic E-state index is 13.5. The van der Waals surface area contributed by atoms with E-state index in [1.54, 1.807) is 12.1 Å². The lowest BCUT2D eigenvalue weighted by atomic mass is 9.74. The summed E-state index contributed by atoms with van der Waals surface area (Å²) in [6.45, 7) is 2.42. The van der Waals surface area contributed by atoms with Crippen molar-refractivity contribution in [3.8, 4) is 0 Å². The fourth-order valence-electron chi connectivity index (χ4n) is 2.22. The average molecular weight is 253 g/mol. The van der Waals surface area contributed by atoms with Gasteiger partial charge in [0.25, 0.3) is 0 Å². The number of aliphatic carboxylic acids is 1. The summed E-state index contributed by atoms with van der Waals surface area (Å²) in [4.78, 5) is 11.3. The van der Waals surface area contributed by atoms with E-state index < -0.39 is 17.3 Å². The maximum absolute atomic E-state index is 13.5. The van der Waals surface area contributed by atoms with E-state index >= 15 is 0 Å². The highest BCUT2D eigenvalue weighted by molar-refractivity contribution is 5.84. The highest BCUT2D eigenvalue weighted by Gasteiger charge is 2.51. The first kappa shape index (κ1) is 12.8. The molecule has 0 aromatic heterocycles. The van der Waals surface area contributed by atoms with Crippen LogP contribution in [0.3, 0.4) is 0 Å². The number of carboxylic acids is 1. The summed E-state index contributed by atoms with van der Waals surface area (Å²) in [6.07, 6.45) is 0.639. The Bertz CT molecular complexity index is 444. The van der Waals surface area contributed by atoms with Gasteiger partial charge in [0.15, 0.2) is 0 Å². The van der Waals surface area contributed by atoms with Crippen LogP contribution in [0, 0.1) is 5.82 Å². The van der Waals surface area contributed by atoms with Crippen LogP contribution in [0.1, 0.15) is 19.8 Å². The number of hydrogen-bond acceptors (Lipinski definition) is 3. The molecular formula is C13H16FNO3. The van der Waals surface area contributed by atoms with Gasteiger partial charge < -0.3 is 15.2 Å². The summed E-state index contributed by atoms with van der Waals surface area (Å²) in [5.41, 5.74) is -0.892. The molecule has 1 fully saturated rings. The normalized spacial score (nSPS) is 26.4. The highest BCUT2D eigenvalue weighted by Crippen LogP contribution is 2.38. The Kier molecular flexibility index (Phi) is 3.52. The standard InChI is InChI=1S/C13H16FNO3/c1-2-18-9-7-13(8-9,12(16)17)15-11-6-4-3-5-10(11)14/h3-6,9,15H,2,7-8H2,1H3,(H,16,17). The summed E-state index contributed by atoms with van der Waals surface area (Å²) >= 11 is 0. The Morgan fingerprint density at radius 2 is 2.22 bits per heavy atom. The Balaban J connectivity index is 2.10. The van der Waals surface area contributed by atoms with Crippen molar-refractivity contribution in [3.05, 3.63) is 30.1 Å². The van der Waals surface area contributed by atoms with E-state index in [0.717, 1.165) is 0 Å². The first-order valence-corrected chi connectivity index (χ1v) is 5.95. The number of carboxylic acid groups (broad SMARTS) is 1. The predicted molar refractivity (Wildman–Crippen MR) is 65.0 cm³/mol. The summed E-state index contributed by atoms with van der Waals surface area (Å²) in [5, 5.41) is 12.1. The van der Waals surface area contributed by atoms with Crippen molar-refractivity contribution in [2.45, 2.75) is 31.4 Å². The van der Waals surface area contributed by atoms with Gasteiger partial charge in [-0.05, 0) is 19.1 Å². The second-order valence-corrected chi connectivity index (χ2v) is 4.48. The third-order valence-corrected chi connectivity index (χ3v) is 3.21. The number of benzene rings is 1. The van der Waals surface area contributed by atoms with E-state index in [0.29, 0.717) is 19.4 Å². The van der Waals surface area contributed by atoms with E-state index in [1.165, 1.54) is 12.1 Å². The van der Waals surface area contributed by atoms with Gasteiger partial charge in [-0.15, -0.1) is 0 Å². The Labute approximate surface area is 105 Å². The lowest BCUT2D eigenvalue weighted by molar-refractivity contribution is -0.152. The molecule has 1 aliphatic carbocycles. The van der Waals surface area contributed by atoms with Crippen LogP contribution in [0.4, 0.5) is 10.1 Å². The zero-order valence-corrected chi connectivity index (χ0v) is 10.1. The predicted octanol–water partition coefficient (Wildman–Crippen LogP) is 2.26. The summed E-state index contributed by atoms with van der Waals surface area (Å²) in [5.74, 6) is -1.42. The van der Waals surface area contributed by atoms with Crippen LogP contribution in [0.25, 0.3) is 0 Å². The summed E-state index contributed by atoms with van der Waals surface area (Å²) < 4.78 is 18.9. The first-order valence-electron chi connectivity index (χ1n) is 5.95. The van der Waals surface area contributed by atoms with Crippen molar-refractivity contribution in [2.75, 3.05) is 11.9 Å². The zero-order valence-electron chi connectivity index (χ0n) is 10.1. The molecule has 0 unspecified atom stereocenters. The lowest BCUT2D eigenvalue weighted by Gasteiger charge is -2.44. The molecule has 0 radical (unpaired) electrons. The Morgan fingerprint density at radius 1 is 1.56 bits per heavy atom. The van der Waals surface area contributed by atoms with Crippen molar-refractivity contribution in [2.24, 2.45) is 0 Å². The third-order valence-electron chi connectivity index (χ3n) is 3.21. The molecule has 4 nitrogen and oxygen atoms in total. The average Bonchev–Trinajstić information content (AvgIpc) is 2.28. The van der Waals surface area contributed by atoms with Gasteiger partial charge in [-0.2, -0.15) is 0 Å². The van der Waals surface area contributed by atoms with Crippen LogP contribution in [0.2, 0.25) is 0 Å². The van der Waals surface area contributed by atoms with Crippen LogP contribution in [0.5, 0.6) is 0 Å². The number of para-hydroxylation sites is 1. The lowest BCUT2D eigenvalue weighted by Crippen LogP contribution is -2.59. The molecule has 5 heteroatoms. The van der Waals surface area contributed by atoms with Gasteiger partial charge in [0.2, 0.25) is 0 Å². The van der Waals surface area contributed by atoms with Gasteiger partial charge in [-0.25, -0.2) is 9.18 Å². The molecule has 0 aliphatic heterocycles. The van der Waals surface area contributed by atoms with Crippen LogP contribution in [-0.2, 0) is 9.53 Å². The summed E-state index contributed by atoms with van der Waals surface area (Å²) in [7, 11) is 0. The van der Waals surface area contributed by atoms with Gasteiger partial charge in [0.1, 0.15) is 11.4 Å². The molecular weight excluding hydrogens is 237 g/mol. The quantitative estimate of drug-likeness (QED) is 0.845. The molecule has 0 bridgehead atoms. The number of nitrogens with one attached hydrogen (secondary N) is 1. The van der Waals surface area contributed by atoms with Crippen LogP contribution < -0.4 is 5.32 Å². The smallest absolute Gasteiger partial charge is 0.329 e. The minimum absolute atomic E-state index is 0.0645. The monoisotopic (exact) mass is 253 g/mol. The van der Waals surface area contributed by atoms with Crippen LogP contribution in [0.15, 0.2) is 24.3 Å². The SMILES string of the molecule is CCOC1CC(Nc2ccccc2F)(C(=O)O)C1. The topological polar surface area (TPSA) is 58.6 Å². The van der Waals surface area contributed by atoms with E-state index in [-0.39, 0.29) is 11.8 Å². The molecule has 1 aromatic carbocycles. The molecule has 2 rings (SSSR count). The molecule has 0 heterocycles. The molecule has 0 atom stereocenters. The second-order valence-electron chi connectivity index (χ2n) is 4.48. The fourth-order valence-corrected chi connectivity index (χ4v) is 2.22. The number of halogens is 1. The van der Waals surface area contributed by atoms with E-state index in [1.807, 2.05) is 6.92 Å². The molecule has 0 spiro atoms. The van der Waals surface area contributed by atoms with Gasteiger partial charge in [0, 0.05) is 19.4 Å². The van der Waals surface area contributed by atoms with Gasteiger partial charge in [-0.1, -0.05) is 12.1 Å². The Morgan fingerprint density at radius 3 is 2.78 bits per heavy atom. The molecule has 98 valence electrons. The van der Waals surface area contributed by atoms with Crippen LogP contribution in [-0.4, -0.2) is 29.3 Å². The number of carbonyl (C=O) groups is 1. The van der Waals surface area contributed by atoms with Gasteiger partial charge >= 0.3 is 5.97 Å². The molecule has 18 heavy (non-hydrogen) atoms. The maximum Gasteiger partial charge on any atom is 0.329 e. The molecule has 1 aliphatic rings. The second kappa shape index (κ2) is 4.94. The number of anilines is 1. The zero-order chi connectivity index (χ0) is 13.2. The van der Waals surface area contributed by atoms with Crippen molar-refractivity contribution < 1.29 is 19.0 Å². The number of ether oxygens (including phenoxy) is 1. The highest BCUT2D eigenvalue weighted by atomic mass is 19.1. The van der Waals surface area contributed by atoms with E-state index in [4.69, 9.17) is 4.74 Å². The minimum atomic E-state index is -1.11. The minimum Gasteiger partial charge on any atom is -0.480 e. The van der Waals surface area contributed by atoms with E-state index in [9.17, 15) is 14.3 Å². The molecule has 1 saturated carbocycles. The van der Waals surface area contributed by atoms with Crippen molar-refractivity contribution in [1.29, 1.82) is 0 Å². The van der Waals surface area contributed by atoms with Crippen molar-refractivity contribution >= 4 is 11.7 Å².